The first-order valence-electron chi connectivity index (χ1n) is 7.13. The minimum Gasteiger partial charge on any atom is -0.308 e. The van der Waals surface area contributed by atoms with E-state index in [2.05, 4.69) is 27.0 Å². The SMILES string of the molecule is CCCC1NCCn2c(-c3ccc(F)cc3C)nnc21. The molecule has 0 saturated carbocycles. The second kappa shape index (κ2) is 5.32. The number of nitrogens with one attached hydrogen (secondary N) is 1. The number of hydrogen-bond donors (Lipinski definition) is 1. The Morgan fingerprint density at radius 1 is 1.40 bits per heavy atom. The summed E-state index contributed by atoms with van der Waals surface area (Å²) in [6.07, 6.45) is 2.16. The van der Waals surface area contributed by atoms with Gasteiger partial charge in [0.25, 0.3) is 0 Å². The van der Waals surface area contributed by atoms with Gasteiger partial charge in [-0.05, 0) is 37.1 Å². The number of fused-ring (bicyclic) bond motifs is 1. The van der Waals surface area contributed by atoms with Gasteiger partial charge in [-0.2, -0.15) is 0 Å². The topological polar surface area (TPSA) is 42.7 Å². The van der Waals surface area contributed by atoms with Gasteiger partial charge in [0.1, 0.15) is 5.82 Å². The fourth-order valence-electron chi connectivity index (χ4n) is 2.83. The molecule has 1 aromatic carbocycles. The second-order valence-electron chi connectivity index (χ2n) is 5.29. The van der Waals surface area contributed by atoms with Gasteiger partial charge in [-0.25, -0.2) is 4.39 Å². The van der Waals surface area contributed by atoms with Gasteiger partial charge < -0.3 is 9.88 Å². The van der Waals surface area contributed by atoms with Crippen molar-refractivity contribution in [1.82, 2.24) is 20.1 Å². The lowest BCUT2D eigenvalue weighted by atomic mass is 10.1. The Labute approximate surface area is 118 Å². The first-order valence-corrected chi connectivity index (χ1v) is 7.13. The molecular weight excluding hydrogens is 255 g/mol. The Morgan fingerprint density at radius 2 is 2.25 bits per heavy atom. The molecule has 1 N–H and O–H groups in total. The molecule has 3 rings (SSSR count). The average molecular weight is 274 g/mol. The van der Waals surface area contributed by atoms with Crippen LogP contribution in [0.1, 0.15) is 37.2 Å². The molecule has 0 fully saturated rings. The van der Waals surface area contributed by atoms with Crippen LogP contribution in [0.15, 0.2) is 18.2 Å². The summed E-state index contributed by atoms with van der Waals surface area (Å²) in [7, 11) is 0. The third kappa shape index (κ3) is 2.22. The van der Waals surface area contributed by atoms with E-state index in [1.807, 2.05) is 6.92 Å². The van der Waals surface area contributed by atoms with Gasteiger partial charge in [0.15, 0.2) is 11.6 Å². The molecule has 0 saturated heterocycles. The van der Waals surface area contributed by atoms with Crippen LogP contribution in [0.2, 0.25) is 0 Å². The molecule has 20 heavy (non-hydrogen) atoms. The minimum absolute atomic E-state index is 0.213. The Kier molecular flexibility index (Phi) is 3.53. The molecule has 0 bridgehead atoms. The summed E-state index contributed by atoms with van der Waals surface area (Å²) in [4.78, 5) is 0. The van der Waals surface area contributed by atoms with Crippen LogP contribution in [-0.4, -0.2) is 21.3 Å². The molecule has 1 aliphatic heterocycles. The Bertz CT molecular complexity index is 620. The van der Waals surface area contributed by atoms with Crippen molar-refractivity contribution in [2.24, 2.45) is 0 Å². The van der Waals surface area contributed by atoms with Crippen LogP contribution >= 0.6 is 0 Å². The van der Waals surface area contributed by atoms with Gasteiger partial charge in [-0.1, -0.05) is 13.3 Å². The molecule has 1 unspecified atom stereocenters. The zero-order chi connectivity index (χ0) is 14.1. The number of halogens is 1. The summed E-state index contributed by atoms with van der Waals surface area (Å²) in [5, 5.41) is 12.2. The van der Waals surface area contributed by atoms with E-state index in [1.54, 1.807) is 12.1 Å². The zero-order valence-electron chi connectivity index (χ0n) is 11.9. The van der Waals surface area contributed by atoms with Gasteiger partial charge in [0, 0.05) is 18.7 Å². The Hall–Kier alpha value is -1.75. The van der Waals surface area contributed by atoms with Gasteiger partial charge in [-0.15, -0.1) is 10.2 Å². The van der Waals surface area contributed by atoms with Crippen LogP contribution in [-0.2, 0) is 6.54 Å². The van der Waals surface area contributed by atoms with Crippen molar-refractivity contribution in [3.63, 3.8) is 0 Å². The van der Waals surface area contributed by atoms with E-state index in [0.717, 1.165) is 48.7 Å². The lowest BCUT2D eigenvalue weighted by Gasteiger charge is -2.25. The van der Waals surface area contributed by atoms with E-state index < -0.39 is 0 Å². The highest BCUT2D eigenvalue weighted by Crippen LogP contribution is 2.28. The molecule has 1 aliphatic rings. The molecular formula is C15H19FN4. The van der Waals surface area contributed by atoms with Crippen molar-refractivity contribution < 1.29 is 4.39 Å². The summed E-state index contributed by atoms with van der Waals surface area (Å²) in [5.41, 5.74) is 1.85. The molecule has 4 nitrogen and oxygen atoms in total. The maximum atomic E-state index is 13.2. The number of rotatable bonds is 3. The highest BCUT2D eigenvalue weighted by atomic mass is 19.1. The van der Waals surface area contributed by atoms with E-state index in [-0.39, 0.29) is 11.9 Å². The van der Waals surface area contributed by atoms with Crippen molar-refractivity contribution in [3.05, 3.63) is 35.4 Å². The molecule has 5 heteroatoms. The highest BCUT2D eigenvalue weighted by Gasteiger charge is 2.25. The molecule has 1 atom stereocenters. The van der Waals surface area contributed by atoms with Gasteiger partial charge in [0.05, 0.1) is 6.04 Å². The monoisotopic (exact) mass is 274 g/mol. The summed E-state index contributed by atoms with van der Waals surface area (Å²) in [5.74, 6) is 1.63. The molecule has 106 valence electrons. The number of benzene rings is 1. The van der Waals surface area contributed by atoms with Crippen LogP contribution in [0.3, 0.4) is 0 Å². The predicted octanol–water partition coefficient (Wildman–Crippen LogP) is 2.84. The highest BCUT2D eigenvalue weighted by molar-refractivity contribution is 5.60. The normalized spacial score (nSPS) is 18.1. The quantitative estimate of drug-likeness (QED) is 0.936. The Balaban J connectivity index is 2.04. The van der Waals surface area contributed by atoms with E-state index in [4.69, 9.17) is 0 Å². The fourth-order valence-corrected chi connectivity index (χ4v) is 2.83. The summed E-state index contributed by atoms with van der Waals surface area (Å²) in [6, 6.07) is 5.09. The lowest BCUT2D eigenvalue weighted by Crippen LogP contribution is -2.33. The maximum absolute atomic E-state index is 13.2. The number of aromatic nitrogens is 3. The summed E-state index contributed by atoms with van der Waals surface area (Å²) >= 11 is 0. The second-order valence-corrected chi connectivity index (χ2v) is 5.29. The van der Waals surface area contributed by atoms with E-state index >= 15 is 0 Å². The van der Waals surface area contributed by atoms with E-state index in [9.17, 15) is 4.39 Å². The molecule has 2 aromatic rings. The van der Waals surface area contributed by atoms with Crippen LogP contribution in [0.5, 0.6) is 0 Å². The molecule has 0 amide bonds. The fraction of sp³-hybridized carbons (Fsp3) is 0.467. The number of nitrogens with zero attached hydrogens (tertiary/aromatic N) is 3. The van der Waals surface area contributed by atoms with Crippen molar-refractivity contribution in [2.45, 2.75) is 39.3 Å². The third-order valence-electron chi connectivity index (χ3n) is 3.82. The summed E-state index contributed by atoms with van der Waals surface area (Å²) in [6.45, 7) is 5.85. The molecule has 2 heterocycles. The van der Waals surface area contributed by atoms with Crippen LogP contribution in [0.25, 0.3) is 11.4 Å². The van der Waals surface area contributed by atoms with Gasteiger partial charge in [0.2, 0.25) is 0 Å². The lowest BCUT2D eigenvalue weighted by molar-refractivity contribution is 0.394. The molecule has 1 aromatic heterocycles. The average Bonchev–Trinajstić information content (AvgIpc) is 2.84. The number of aryl methyl sites for hydroxylation is 1. The van der Waals surface area contributed by atoms with Crippen LogP contribution in [0, 0.1) is 12.7 Å². The third-order valence-corrected chi connectivity index (χ3v) is 3.82. The van der Waals surface area contributed by atoms with Crippen molar-refractivity contribution in [2.75, 3.05) is 6.54 Å². The van der Waals surface area contributed by atoms with E-state index in [1.165, 1.54) is 6.07 Å². The molecule has 0 spiro atoms. The van der Waals surface area contributed by atoms with Crippen molar-refractivity contribution in [3.8, 4) is 11.4 Å². The van der Waals surface area contributed by atoms with Crippen molar-refractivity contribution >= 4 is 0 Å². The minimum atomic E-state index is -0.213. The molecule has 0 radical (unpaired) electrons. The molecule has 0 aliphatic carbocycles. The first-order chi connectivity index (χ1) is 9.70. The smallest absolute Gasteiger partial charge is 0.164 e. The maximum Gasteiger partial charge on any atom is 0.164 e. The number of hydrogen-bond acceptors (Lipinski definition) is 3. The predicted molar refractivity (Wildman–Crippen MR) is 75.8 cm³/mol. The summed E-state index contributed by atoms with van der Waals surface area (Å²) < 4.78 is 15.4. The van der Waals surface area contributed by atoms with Gasteiger partial charge in [-0.3, -0.25) is 0 Å². The van der Waals surface area contributed by atoms with Crippen molar-refractivity contribution in [1.29, 1.82) is 0 Å². The zero-order valence-corrected chi connectivity index (χ0v) is 11.9. The Morgan fingerprint density at radius 3 is 3.00 bits per heavy atom. The standard InChI is InChI=1S/C15H19FN4/c1-3-4-13-15-19-18-14(20(15)8-7-17-13)12-6-5-11(16)9-10(12)2/h5-6,9,13,17H,3-4,7-8H2,1-2H3. The van der Waals surface area contributed by atoms with Crippen LogP contribution in [0.4, 0.5) is 4.39 Å². The largest absolute Gasteiger partial charge is 0.308 e. The first kappa shape index (κ1) is 13.2. The van der Waals surface area contributed by atoms with Crippen LogP contribution < -0.4 is 5.32 Å². The van der Waals surface area contributed by atoms with Gasteiger partial charge >= 0.3 is 0 Å². The van der Waals surface area contributed by atoms with E-state index in [0.29, 0.717) is 0 Å².